The summed E-state index contributed by atoms with van der Waals surface area (Å²) in [6.07, 6.45) is -0.614. The number of carbonyl (C=O) groups excluding carboxylic acids is 1. The van der Waals surface area contributed by atoms with E-state index in [0.29, 0.717) is 5.69 Å². The Morgan fingerprint density at radius 2 is 1.92 bits per heavy atom. The highest BCUT2D eigenvalue weighted by molar-refractivity contribution is 5.91. The van der Waals surface area contributed by atoms with Gasteiger partial charge in [0.2, 0.25) is 11.8 Å². The van der Waals surface area contributed by atoms with E-state index in [0.717, 1.165) is 12.1 Å². The molecule has 2 aromatic heterocycles. The van der Waals surface area contributed by atoms with Crippen LogP contribution in [-0.4, -0.2) is 32.4 Å². The van der Waals surface area contributed by atoms with Crippen LogP contribution in [0.25, 0.3) is 11.6 Å². The second-order valence-corrected chi connectivity index (χ2v) is 4.89. The number of ether oxygens (including phenoxy) is 1. The van der Waals surface area contributed by atoms with Crippen LogP contribution in [0.2, 0.25) is 0 Å². The number of rotatable bonds is 5. The summed E-state index contributed by atoms with van der Waals surface area (Å²) in [4.78, 5) is 19.8. The largest absolute Gasteiger partial charge is 0.573 e. The van der Waals surface area contributed by atoms with E-state index in [1.807, 2.05) is 0 Å². The Morgan fingerprint density at radius 3 is 2.58 bits per heavy atom. The van der Waals surface area contributed by atoms with E-state index in [1.54, 1.807) is 0 Å². The fourth-order valence-electron chi connectivity index (χ4n) is 1.92. The van der Waals surface area contributed by atoms with Gasteiger partial charge < -0.3 is 14.5 Å². The van der Waals surface area contributed by atoms with Crippen molar-refractivity contribution in [2.45, 2.75) is 12.8 Å². The fourth-order valence-corrected chi connectivity index (χ4v) is 1.92. The van der Waals surface area contributed by atoms with Gasteiger partial charge in [-0.15, -0.1) is 23.4 Å². The second kappa shape index (κ2) is 7.17. The van der Waals surface area contributed by atoms with Gasteiger partial charge >= 0.3 is 6.36 Å². The number of aromatic nitrogens is 4. The van der Waals surface area contributed by atoms with Gasteiger partial charge in [0, 0.05) is 18.1 Å². The summed E-state index contributed by atoms with van der Waals surface area (Å²) in [5.74, 6) is -0.695. The van der Waals surface area contributed by atoms with E-state index in [9.17, 15) is 18.0 Å². The summed E-state index contributed by atoms with van der Waals surface area (Å²) in [5, 5.41) is 10.0. The van der Waals surface area contributed by atoms with Crippen LogP contribution in [-0.2, 0) is 11.2 Å². The van der Waals surface area contributed by atoms with Crippen molar-refractivity contribution < 1.29 is 27.1 Å². The lowest BCUT2D eigenvalue weighted by atomic mass is 10.3. The molecule has 3 rings (SSSR count). The zero-order valence-corrected chi connectivity index (χ0v) is 12.9. The van der Waals surface area contributed by atoms with E-state index < -0.39 is 12.3 Å². The molecule has 1 amide bonds. The number of nitrogens with one attached hydrogen (secondary N) is 1. The Hall–Kier alpha value is -3.50. The highest BCUT2D eigenvalue weighted by Gasteiger charge is 2.30. The molecule has 1 N–H and O–H groups in total. The average molecular weight is 365 g/mol. The molecule has 26 heavy (non-hydrogen) atoms. The predicted octanol–water partition coefficient (Wildman–Crippen LogP) is 2.61. The fraction of sp³-hybridized carbons (Fsp3) is 0.133. The van der Waals surface area contributed by atoms with Crippen LogP contribution in [0.5, 0.6) is 5.75 Å². The number of nitrogens with zero attached hydrogens (tertiary/aromatic N) is 4. The lowest BCUT2D eigenvalue weighted by Gasteiger charge is -2.09. The smallest absolute Gasteiger partial charge is 0.419 e. The van der Waals surface area contributed by atoms with E-state index in [1.165, 1.54) is 30.7 Å². The standard InChI is InChI=1S/C15H10F3N5O3/c16-15(17,18)26-10-3-1-9(2-4-10)21-12(24)7-13-22-23-14(25-13)11-8-19-5-6-20-11/h1-6,8H,7H2,(H,21,24). The van der Waals surface area contributed by atoms with Crippen molar-refractivity contribution in [1.29, 1.82) is 0 Å². The Labute approximate surface area is 144 Å². The summed E-state index contributed by atoms with van der Waals surface area (Å²) in [5.41, 5.74) is 0.658. The van der Waals surface area contributed by atoms with E-state index in [2.05, 4.69) is 30.2 Å². The van der Waals surface area contributed by atoms with Crippen molar-refractivity contribution in [3.8, 4) is 17.3 Å². The van der Waals surface area contributed by atoms with Crippen LogP contribution < -0.4 is 10.1 Å². The third-order valence-corrected chi connectivity index (χ3v) is 2.93. The average Bonchev–Trinajstić information content (AvgIpc) is 3.04. The van der Waals surface area contributed by atoms with E-state index in [4.69, 9.17) is 4.42 Å². The molecule has 0 spiro atoms. The quantitative estimate of drug-likeness (QED) is 0.741. The van der Waals surface area contributed by atoms with Gasteiger partial charge in [0.15, 0.2) is 0 Å². The van der Waals surface area contributed by atoms with Gasteiger partial charge in [-0.1, -0.05) is 0 Å². The number of hydrogen-bond donors (Lipinski definition) is 1. The molecule has 2 heterocycles. The number of hydrogen-bond acceptors (Lipinski definition) is 7. The van der Waals surface area contributed by atoms with Crippen molar-refractivity contribution in [3.63, 3.8) is 0 Å². The van der Waals surface area contributed by atoms with Crippen molar-refractivity contribution in [3.05, 3.63) is 48.7 Å². The number of alkyl halides is 3. The Balaban J connectivity index is 1.58. The maximum atomic E-state index is 12.1. The Bertz CT molecular complexity index is 882. The van der Waals surface area contributed by atoms with Crippen molar-refractivity contribution in [1.82, 2.24) is 20.2 Å². The van der Waals surface area contributed by atoms with Crippen LogP contribution >= 0.6 is 0 Å². The van der Waals surface area contributed by atoms with Gasteiger partial charge in [0.25, 0.3) is 5.89 Å². The number of anilines is 1. The number of amides is 1. The first-order valence-electron chi connectivity index (χ1n) is 7.13. The highest BCUT2D eigenvalue weighted by Crippen LogP contribution is 2.24. The summed E-state index contributed by atoms with van der Waals surface area (Å²) >= 11 is 0. The molecule has 0 bridgehead atoms. The molecule has 0 atom stereocenters. The lowest BCUT2D eigenvalue weighted by molar-refractivity contribution is -0.274. The Morgan fingerprint density at radius 1 is 1.15 bits per heavy atom. The molecule has 0 radical (unpaired) electrons. The molecule has 1 aromatic carbocycles. The minimum Gasteiger partial charge on any atom is -0.419 e. The molecule has 0 saturated heterocycles. The maximum absolute atomic E-state index is 12.1. The minimum atomic E-state index is -4.77. The molecule has 0 aliphatic carbocycles. The van der Waals surface area contributed by atoms with Gasteiger partial charge in [0.1, 0.15) is 17.9 Å². The molecule has 8 nitrogen and oxygen atoms in total. The van der Waals surface area contributed by atoms with Crippen molar-refractivity contribution in [2.75, 3.05) is 5.32 Å². The van der Waals surface area contributed by atoms with Crippen LogP contribution in [0.4, 0.5) is 18.9 Å². The van der Waals surface area contributed by atoms with Crippen molar-refractivity contribution in [2.24, 2.45) is 0 Å². The van der Waals surface area contributed by atoms with Crippen LogP contribution in [0, 0.1) is 0 Å². The van der Waals surface area contributed by atoms with Gasteiger partial charge in [-0.3, -0.25) is 9.78 Å². The van der Waals surface area contributed by atoms with Gasteiger partial charge in [-0.25, -0.2) is 4.98 Å². The maximum Gasteiger partial charge on any atom is 0.573 e. The Kier molecular flexibility index (Phi) is 4.78. The molecule has 0 fully saturated rings. The zero-order chi connectivity index (χ0) is 18.6. The van der Waals surface area contributed by atoms with Crippen molar-refractivity contribution >= 4 is 11.6 Å². The normalized spacial score (nSPS) is 11.2. The molecular weight excluding hydrogens is 355 g/mol. The topological polar surface area (TPSA) is 103 Å². The van der Waals surface area contributed by atoms with Crippen LogP contribution in [0.3, 0.4) is 0 Å². The zero-order valence-electron chi connectivity index (χ0n) is 12.9. The summed E-state index contributed by atoms with van der Waals surface area (Å²) < 4.78 is 45.4. The van der Waals surface area contributed by atoms with E-state index in [-0.39, 0.29) is 29.6 Å². The number of halogens is 3. The molecule has 3 aromatic rings. The van der Waals surface area contributed by atoms with Crippen LogP contribution in [0.15, 0.2) is 47.3 Å². The van der Waals surface area contributed by atoms with Crippen LogP contribution in [0.1, 0.15) is 5.89 Å². The van der Waals surface area contributed by atoms with Gasteiger partial charge in [-0.2, -0.15) is 0 Å². The number of carbonyl (C=O) groups is 1. The van der Waals surface area contributed by atoms with Gasteiger partial charge in [0.05, 0.1) is 6.20 Å². The lowest BCUT2D eigenvalue weighted by Crippen LogP contribution is -2.17. The molecule has 0 saturated carbocycles. The molecule has 134 valence electrons. The number of benzene rings is 1. The summed E-state index contributed by atoms with van der Waals surface area (Å²) in [6, 6.07) is 4.72. The highest BCUT2D eigenvalue weighted by atomic mass is 19.4. The molecule has 0 unspecified atom stereocenters. The first kappa shape index (κ1) is 17.3. The van der Waals surface area contributed by atoms with Gasteiger partial charge in [-0.05, 0) is 24.3 Å². The third kappa shape index (κ3) is 4.75. The summed E-state index contributed by atoms with van der Waals surface area (Å²) in [6.45, 7) is 0. The minimum absolute atomic E-state index is 0.0557. The predicted molar refractivity (Wildman–Crippen MR) is 80.8 cm³/mol. The SMILES string of the molecule is O=C(Cc1nnc(-c2cnccn2)o1)Nc1ccc(OC(F)(F)F)cc1. The second-order valence-electron chi connectivity index (χ2n) is 4.89. The third-order valence-electron chi connectivity index (χ3n) is 2.93. The molecule has 0 aliphatic heterocycles. The molecule has 11 heteroatoms. The molecular formula is C15H10F3N5O3. The van der Waals surface area contributed by atoms with E-state index >= 15 is 0 Å². The first-order chi connectivity index (χ1) is 12.4. The monoisotopic (exact) mass is 365 g/mol. The summed E-state index contributed by atoms with van der Waals surface area (Å²) in [7, 11) is 0. The first-order valence-corrected chi connectivity index (χ1v) is 7.13. The molecule has 0 aliphatic rings.